The van der Waals surface area contributed by atoms with Crippen molar-refractivity contribution in [2.45, 2.75) is 65.8 Å². The van der Waals surface area contributed by atoms with Gasteiger partial charge in [0, 0.05) is 36.0 Å². The Balaban J connectivity index is 1.53. The number of thiazole rings is 1. The Kier molecular flexibility index (Phi) is 8.88. The Morgan fingerprint density at radius 2 is 2.00 bits per heavy atom. The van der Waals surface area contributed by atoms with Crippen molar-refractivity contribution in [1.29, 1.82) is 0 Å². The fourth-order valence-electron chi connectivity index (χ4n) is 3.80. The van der Waals surface area contributed by atoms with Crippen molar-refractivity contribution < 1.29 is 4.79 Å². The summed E-state index contributed by atoms with van der Waals surface area (Å²) in [6.45, 7) is 8.37. The molecule has 0 unspecified atom stereocenters. The topological polar surface area (TPSA) is 78.4 Å². The van der Waals surface area contributed by atoms with E-state index in [1.165, 1.54) is 11.3 Å². The minimum absolute atomic E-state index is 0.156. The van der Waals surface area contributed by atoms with Crippen LogP contribution in [0.25, 0.3) is 0 Å². The van der Waals surface area contributed by atoms with Crippen LogP contribution in [0.2, 0.25) is 0 Å². The number of aliphatic imine (C=N–C) groups is 1. The Hall–Kier alpha value is -2.41. The van der Waals surface area contributed by atoms with Crippen molar-refractivity contribution in [2.75, 3.05) is 18.4 Å². The third-order valence-corrected chi connectivity index (χ3v) is 6.77. The second-order valence-corrected chi connectivity index (χ2v) is 9.43. The number of hydrogen-bond donors (Lipinski definition) is 3. The average Bonchev–Trinajstić information content (AvgIpc) is 3.10. The smallest absolute Gasteiger partial charge is 0.227 e. The summed E-state index contributed by atoms with van der Waals surface area (Å²) in [7, 11) is 0. The summed E-state index contributed by atoms with van der Waals surface area (Å²) in [5, 5.41) is 10.9. The van der Waals surface area contributed by atoms with Gasteiger partial charge in [-0.1, -0.05) is 31.4 Å². The number of carbonyl (C=O) groups excluding carboxylic acids is 1. The summed E-state index contributed by atoms with van der Waals surface area (Å²) in [5.74, 6) is 1.11. The van der Waals surface area contributed by atoms with Crippen LogP contribution in [0, 0.1) is 19.8 Å². The van der Waals surface area contributed by atoms with Gasteiger partial charge in [-0.15, -0.1) is 11.3 Å². The van der Waals surface area contributed by atoms with E-state index in [-0.39, 0.29) is 11.8 Å². The lowest BCUT2D eigenvalue weighted by molar-refractivity contribution is -0.120. The first-order chi connectivity index (χ1) is 15.0. The summed E-state index contributed by atoms with van der Waals surface area (Å²) in [5.41, 5.74) is 3.05. The summed E-state index contributed by atoms with van der Waals surface area (Å²) in [6.07, 6.45) is 6.47. The number of carbonyl (C=O) groups is 1. The van der Waals surface area contributed by atoms with Crippen LogP contribution in [0.1, 0.15) is 60.2 Å². The van der Waals surface area contributed by atoms with E-state index in [9.17, 15) is 4.79 Å². The van der Waals surface area contributed by atoms with Crippen LogP contribution in [-0.2, 0) is 17.8 Å². The highest BCUT2D eigenvalue weighted by Crippen LogP contribution is 2.25. The van der Waals surface area contributed by atoms with E-state index in [4.69, 9.17) is 4.99 Å². The molecule has 1 aromatic carbocycles. The van der Waals surface area contributed by atoms with Gasteiger partial charge in [0.2, 0.25) is 5.91 Å². The number of nitrogens with zero attached hydrogens (tertiary/aromatic N) is 2. The highest BCUT2D eigenvalue weighted by atomic mass is 32.1. The van der Waals surface area contributed by atoms with E-state index < -0.39 is 0 Å². The number of hydrogen-bond acceptors (Lipinski definition) is 4. The molecule has 7 heteroatoms. The Labute approximate surface area is 190 Å². The molecule has 0 bridgehead atoms. The first-order valence-electron chi connectivity index (χ1n) is 11.4. The van der Waals surface area contributed by atoms with Gasteiger partial charge in [0.1, 0.15) is 0 Å². The van der Waals surface area contributed by atoms with Crippen LogP contribution in [-0.4, -0.2) is 29.9 Å². The number of aryl methyl sites for hydroxylation is 2. The second-order valence-electron chi connectivity index (χ2n) is 8.15. The number of anilines is 1. The van der Waals surface area contributed by atoms with Crippen LogP contribution in [0.5, 0.6) is 0 Å². The standard InChI is InChI=1S/C24H35N5OS/c1-4-25-24(26-14-13-22-28-17(2)18(3)31-22)27-16-19-9-8-12-21(15-19)29-23(30)20-10-6-5-7-11-20/h8-9,12,15,20H,4-7,10-11,13-14,16H2,1-3H3,(H,29,30)(H2,25,26,27). The Morgan fingerprint density at radius 3 is 2.71 bits per heavy atom. The molecule has 1 saturated carbocycles. The van der Waals surface area contributed by atoms with E-state index in [0.29, 0.717) is 6.54 Å². The number of nitrogens with one attached hydrogen (secondary N) is 3. The number of guanidine groups is 1. The monoisotopic (exact) mass is 441 g/mol. The predicted octanol–water partition coefficient (Wildman–Crippen LogP) is 4.58. The third-order valence-electron chi connectivity index (χ3n) is 5.64. The second kappa shape index (κ2) is 11.8. The van der Waals surface area contributed by atoms with Gasteiger partial charge in [-0.25, -0.2) is 9.98 Å². The van der Waals surface area contributed by atoms with Crippen molar-refractivity contribution in [1.82, 2.24) is 15.6 Å². The molecule has 1 fully saturated rings. The molecule has 1 aliphatic rings. The van der Waals surface area contributed by atoms with Crippen LogP contribution in [0.15, 0.2) is 29.3 Å². The summed E-state index contributed by atoms with van der Waals surface area (Å²) in [4.78, 5) is 23.1. The van der Waals surface area contributed by atoms with Gasteiger partial charge in [0.15, 0.2) is 5.96 Å². The molecule has 1 aliphatic carbocycles. The van der Waals surface area contributed by atoms with Crippen LogP contribution in [0.4, 0.5) is 5.69 Å². The fraction of sp³-hybridized carbons (Fsp3) is 0.542. The van der Waals surface area contributed by atoms with Gasteiger partial charge in [-0.3, -0.25) is 4.79 Å². The molecule has 0 atom stereocenters. The highest BCUT2D eigenvalue weighted by Gasteiger charge is 2.21. The van der Waals surface area contributed by atoms with Gasteiger partial charge in [0.05, 0.1) is 17.2 Å². The molecule has 0 spiro atoms. The maximum atomic E-state index is 12.5. The van der Waals surface area contributed by atoms with Crippen LogP contribution < -0.4 is 16.0 Å². The Morgan fingerprint density at radius 1 is 1.19 bits per heavy atom. The lowest BCUT2D eigenvalue weighted by atomic mass is 9.88. The van der Waals surface area contributed by atoms with Crippen molar-refractivity contribution in [3.63, 3.8) is 0 Å². The molecule has 3 N–H and O–H groups in total. The molecular formula is C24H35N5OS. The van der Waals surface area contributed by atoms with Gasteiger partial charge in [0.25, 0.3) is 0 Å². The van der Waals surface area contributed by atoms with E-state index in [1.807, 2.05) is 24.3 Å². The lowest BCUT2D eigenvalue weighted by Gasteiger charge is -2.20. The Bertz CT molecular complexity index is 866. The van der Waals surface area contributed by atoms with Gasteiger partial charge in [-0.05, 0) is 51.3 Å². The first kappa shape index (κ1) is 23.3. The number of benzene rings is 1. The van der Waals surface area contributed by atoms with Gasteiger partial charge >= 0.3 is 0 Å². The molecule has 1 aromatic heterocycles. The van der Waals surface area contributed by atoms with Crippen molar-refractivity contribution in [2.24, 2.45) is 10.9 Å². The highest BCUT2D eigenvalue weighted by molar-refractivity contribution is 7.11. The number of amides is 1. The zero-order chi connectivity index (χ0) is 22.1. The maximum Gasteiger partial charge on any atom is 0.227 e. The lowest BCUT2D eigenvalue weighted by Crippen LogP contribution is -2.38. The maximum absolute atomic E-state index is 12.5. The minimum atomic E-state index is 0.156. The molecule has 168 valence electrons. The van der Waals surface area contributed by atoms with Crippen molar-refractivity contribution >= 4 is 28.9 Å². The summed E-state index contributed by atoms with van der Waals surface area (Å²) >= 11 is 1.76. The molecule has 0 radical (unpaired) electrons. The molecule has 6 nitrogen and oxygen atoms in total. The molecule has 1 amide bonds. The zero-order valence-electron chi connectivity index (χ0n) is 19.0. The average molecular weight is 442 g/mol. The van der Waals surface area contributed by atoms with Crippen molar-refractivity contribution in [3.8, 4) is 0 Å². The van der Waals surface area contributed by atoms with E-state index in [1.54, 1.807) is 11.3 Å². The fourth-order valence-corrected chi connectivity index (χ4v) is 4.74. The number of rotatable bonds is 8. The summed E-state index contributed by atoms with van der Waals surface area (Å²) in [6, 6.07) is 8.00. The van der Waals surface area contributed by atoms with Gasteiger partial charge < -0.3 is 16.0 Å². The quantitative estimate of drug-likeness (QED) is 0.414. The van der Waals surface area contributed by atoms with Gasteiger partial charge in [-0.2, -0.15) is 0 Å². The van der Waals surface area contributed by atoms with Crippen LogP contribution in [0.3, 0.4) is 0 Å². The largest absolute Gasteiger partial charge is 0.357 e. The van der Waals surface area contributed by atoms with Crippen molar-refractivity contribution in [3.05, 3.63) is 45.4 Å². The minimum Gasteiger partial charge on any atom is -0.357 e. The normalized spacial score (nSPS) is 15.0. The summed E-state index contributed by atoms with van der Waals surface area (Å²) < 4.78 is 0. The molecule has 0 aliphatic heterocycles. The molecule has 31 heavy (non-hydrogen) atoms. The van der Waals surface area contributed by atoms with E-state index in [0.717, 1.165) is 73.1 Å². The predicted molar refractivity (Wildman–Crippen MR) is 130 cm³/mol. The SMILES string of the molecule is CCNC(=NCc1cccc(NC(=O)C2CCCCC2)c1)NCCc1nc(C)c(C)s1. The zero-order valence-corrected chi connectivity index (χ0v) is 19.8. The molecule has 1 heterocycles. The molecular weight excluding hydrogens is 406 g/mol. The van der Waals surface area contributed by atoms with E-state index >= 15 is 0 Å². The van der Waals surface area contributed by atoms with Crippen LogP contribution >= 0.6 is 11.3 Å². The molecule has 0 saturated heterocycles. The van der Waals surface area contributed by atoms with E-state index in [2.05, 4.69) is 41.7 Å². The third kappa shape index (κ3) is 7.35. The molecule has 3 rings (SSSR count). The molecule has 2 aromatic rings. The first-order valence-corrected chi connectivity index (χ1v) is 12.2. The number of aromatic nitrogens is 1.